The van der Waals surface area contributed by atoms with E-state index in [0.29, 0.717) is 6.42 Å². The van der Waals surface area contributed by atoms with Gasteiger partial charge in [0.1, 0.15) is 0 Å². The Bertz CT molecular complexity index is 199. The molecule has 0 spiro atoms. The van der Waals surface area contributed by atoms with Gasteiger partial charge in [-0.05, 0) is 25.3 Å². The molecule has 1 amide bonds. The van der Waals surface area contributed by atoms with Crippen molar-refractivity contribution in [1.82, 2.24) is 0 Å². The second-order valence-corrected chi connectivity index (χ2v) is 2.80. The third kappa shape index (κ3) is 10.7. The fourth-order valence-electron chi connectivity index (χ4n) is 0.915. The molecular weight excluding hydrogens is 170 g/mol. The minimum Gasteiger partial charge on any atom is -0.481 e. The zero-order valence-electron chi connectivity index (χ0n) is 7.53. The standard InChI is InChI=1S/C9H15NO3/c10-8(11)6-4-2-1-3-5-7-9(12)13/h4,6H,1-3,5,7H2,(H2,10,11)(H,12,13)/b6-4-. The molecule has 0 aliphatic rings. The molecule has 0 saturated heterocycles. The smallest absolute Gasteiger partial charge is 0.303 e. The lowest BCUT2D eigenvalue weighted by molar-refractivity contribution is -0.137. The van der Waals surface area contributed by atoms with Crippen molar-refractivity contribution < 1.29 is 14.7 Å². The van der Waals surface area contributed by atoms with E-state index in [1.54, 1.807) is 6.08 Å². The van der Waals surface area contributed by atoms with Crippen molar-refractivity contribution >= 4 is 11.9 Å². The molecule has 0 rings (SSSR count). The molecule has 0 atom stereocenters. The van der Waals surface area contributed by atoms with Crippen molar-refractivity contribution in [3.63, 3.8) is 0 Å². The molecule has 0 unspecified atom stereocenters. The lowest BCUT2D eigenvalue weighted by Crippen LogP contribution is -2.05. The van der Waals surface area contributed by atoms with Gasteiger partial charge in [0.25, 0.3) is 0 Å². The van der Waals surface area contributed by atoms with Gasteiger partial charge < -0.3 is 10.8 Å². The Morgan fingerprint density at radius 2 is 1.92 bits per heavy atom. The van der Waals surface area contributed by atoms with Gasteiger partial charge in [0.15, 0.2) is 0 Å². The minimum atomic E-state index is -0.757. The maximum atomic E-state index is 10.2. The molecule has 0 aromatic heterocycles. The van der Waals surface area contributed by atoms with Gasteiger partial charge in [0.05, 0.1) is 0 Å². The summed E-state index contributed by atoms with van der Waals surface area (Å²) in [6, 6.07) is 0. The highest BCUT2D eigenvalue weighted by atomic mass is 16.4. The monoisotopic (exact) mass is 185 g/mol. The summed E-state index contributed by atoms with van der Waals surface area (Å²) >= 11 is 0. The quantitative estimate of drug-likeness (QED) is 0.459. The van der Waals surface area contributed by atoms with Gasteiger partial charge in [-0.15, -0.1) is 0 Å². The van der Waals surface area contributed by atoms with Crippen LogP contribution in [-0.2, 0) is 9.59 Å². The number of hydrogen-bond donors (Lipinski definition) is 2. The maximum Gasteiger partial charge on any atom is 0.303 e. The first-order chi connectivity index (χ1) is 6.13. The molecule has 13 heavy (non-hydrogen) atoms. The highest BCUT2D eigenvalue weighted by Crippen LogP contribution is 2.03. The van der Waals surface area contributed by atoms with Crippen LogP contribution in [0.5, 0.6) is 0 Å². The SMILES string of the molecule is NC(=O)/C=C\CCCCCC(=O)O. The van der Waals surface area contributed by atoms with E-state index in [1.807, 2.05) is 0 Å². The first-order valence-electron chi connectivity index (χ1n) is 4.30. The van der Waals surface area contributed by atoms with Crippen LogP contribution in [0.1, 0.15) is 32.1 Å². The van der Waals surface area contributed by atoms with Crippen LogP contribution in [0, 0.1) is 0 Å². The second kappa shape index (κ2) is 7.34. The summed E-state index contributed by atoms with van der Waals surface area (Å²) in [7, 11) is 0. The largest absolute Gasteiger partial charge is 0.481 e. The van der Waals surface area contributed by atoms with Gasteiger partial charge in [0, 0.05) is 6.42 Å². The second-order valence-electron chi connectivity index (χ2n) is 2.80. The van der Waals surface area contributed by atoms with Gasteiger partial charge in [-0.25, -0.2) is 0 Å². The number of nitrogens with two attached hydrogens (primary N) is 1. The average Bonchev–Trinajstić information content (AvgIpc) is 2.01. The first kappa shape index (κ1) is 11.7. The molecule has 0 aliphatic carbocycles. The number of amides is 1. The number of carbonyl (C=O) groups is 2. The summed E-state index contributed by atoms with van der Waals surface area (Å²) in [5.74, 6) is -1.20. The van der Waals surface area contributed by atoms with Crippen LogP contribution < -0.4 is 5.73 Å². The van der Waals surface area contributed by atoms with Gasteiger partial charge in [-0.2, -0.15) is 0 Å². The van der Waals surface area contributed by atoms with E-state index >= 15 is 0 Å². The van der Waals surface area contributed by atoms with Crippen molar-refractivity contribution in [3.8, 4) is 0 Å². The van der Waals surface area contributed by atoms with E-state index in [-0.39, 0.29) is 6.42 Å². The zero-order valence-corrected chi connectivity index (χ0v) is 7.53. The fourth-order valence-corrected chi connectivity index (χ4v) is 0.915. The number of hydrogen-bond acceptors (Lipinski definition) is 2. The Kier molecular flexibility index (Phi) is 6.59. The molecule has 4 heteroatoms. The van der Waals surface area contributed by atoms with Crippen molar-refractivity contribution in [1.29, 1.82) is 0 Å². The predicted molar refractivity (Wildman–Crippen MR) is 49.1 cm³/mol. The van der Waals surface area contributed by atoms with Gasteiger partial charge in [-0.3, -0.25) is 9.59 Å². The summed E-state index contributed by atoms with van der Waals surface area (Å²) < 4.78 is 0. The van der Waals surface area contributed by atoms with Crippen molar-refractivity contribution in [2.75, 3.05) is 0 Å². The fraction of sp³-hybridized carbons (Fsp3) is 0.556. The third-order valence-corrected chi connectivity index (χ3v) is 1.54. The number of unbranched alkanes of at least 4 members (excludes halogenated alkanes) is 3. The van der Waals surface area contributed by atoms with Crippen LogP contribution in [0.3, 0.4) is 0 Å². The lowest BCUT2D eigenvalue weighted by Gasteiger charge is -1.94. The minimum absolute atomic E-state index is 0.222. The molecule has 74 valence electrons. The molecule has 0 fully saturated rings. The van der Waals surface area contributed by atoms with E-state index in [9.17, 15) is 9.59 Å². The normalized spacial score (nSPS) is 10.5. The van der Waals surface area contributed by atoms with Crippen LogP contribution in [0.15, 0.2) is 12.2 Å². The summed E-state index contributed by atoms with van der Waals surface area (Å²) in [4.78, 5) is 20.3. The van der Waals surface area contributed by atoms with E-state index in [4.69, 9.17) is 10.8 Å². The molecule has 0 saturated carbocycles. The summed E-state index contributed by atoms with van der Waals surface area (Å²) in [6.45, 7) is 0. The lowest BCUT2D eigenvalue weighted by atomic mass is 10.1. The summed E-state index contributed by atoms with van der Waals surface area (Å²) in [5.41, 5.74) is 4.87. The van der Waals surface area contributed by atoms with Crippen LogP contribution in [0.4, 0.5) is 0 Å². The van der Waals surface area contributed by atoms with Crippen LogP contribution >= 0.6 is 0 Å². The average molecular weight is 185 g/mol. The van der Waals surface area contributed by atoms with Gasteiger partial charge in [-0.1, -0.05) is 12.5 Å². The van der Waals surface area contributed by atoms with Crippen molar-refractivity contribution in [2.45, 2.75) is 32.1 Å². The van der Waals surface area contributed by atoms with E-state index in [0.717, 1.165) is 19.3 Å². The Morgan fingerprint density at radius 1 is 1.23 bits per heavy atom. The number of rotatable bonds is 7. The Morgan fingerprint density at radius 3 is 2.46 bits per heavy atom. The highest BCUT2D eigenvalue weighted by Gasteiger charge is 1.94. The number of carboxylic acid groups (broad SMARTS) is 1. The summed E-state index contributed by atoms with van der Waals surface area (Å²) in [5, 5.41) is 8.31. The molecule has 4 nitrogen and oxygen atoms in total. The van der Waals surface area contributed by atoms with Crippen LogP contribution in [-0.4, -0.2) is 17.0 Å². The molecule has 0 aromatic carbocycles. The number of aliphatic carboxylic acids is 1. The topological polar surface area (TPSA) is 80.4 Å². The molecular formula is C9H15NO3. The van der Waals surface area contributed by atoms with E-state index < -0.39 is 11.9 Å². The predicted octanol–water partition coefficient (Wildman–Crippen LogP) is 1.06. The number of primary amides is 1. The van der Waals surface area contributed by atoms with Gasteiger partial charge >= 0.3 is 5.97 Å². The van der Waals surface area contributed by atoms with Crippen molar-refractivity contribution in [2.24, 2.45) is 5.73 Å². The molecule has 0 aromatic rings. The van der Waals surface area contributed by atoms with E-state index in [1.165, 1.54) is 6.08 Å². The van der Waals surface area contributed by atoms with Crippen LogP contribution in [0.25, 0.3) is 0 Å². The highest BCUT2D eigenvalue weighted by molar-refractivity contribution is 5.85. The zero-order chi connectivity index (χ0) is 10.1. The van der Waals surface area contributed by atoms with Gasteiger partial charge in [0.2, 0.25) is 5.91 Å². The summed E-state index contributed by atoms with van der Waals surface area (Å²) in [6.07, 6.45) is 6.51. The molecule has 0 radical (unpaired) electrons. The van der Waals surface area contributed by atoms with E-state index in [2.05, 4.69) is 0 Å². The number of allylic oxidation sites excluding steroid dienone is 1. The molecule has 3 N–H and O–H groups in total. The maximum absolute atomic E-state index is 10.2. The third-order valence-electron chi connectivity index (χ3n) is 1.54. The van der Waals surface area contributed by atoms with Crippen LogP contribution in [0.2, 0.25) is 0 Å². The van der Waals surface area contributed by atoms with Crippen molar-refractivity contribution in [3.05, 3.63) is 12.2 Å². The number of carboxylic acids is 1. The molecule has 0 aliphatic heterocycles. The molecule has 0 bridgehead atoms. The Balaban J connectivity index is 3.17. The Labute approximate surface area is 77.4 Å². The first-order valence-corrected chi connectivity index (χ1v) is 4.30. The Hall–Kier alpha value is -1.32. The number of carbonyl (C=O) groups excluding carboxylic acids is 1. The molecule has 0 heterocycles.